The Balaban J connectivity index is 0.000000179. The second kappa shape index (κ2) is 19.3. The van der Waals surface area contributed by atoms with Gasteiger partial charge in [0.15, 0.2) is 0 Å². The number of benzene rings is 5. The monoisotopic (exact) mass is 896 g/mol. The number of hydrogen-bond acceptors (Lipinski definition) is 4. The molecule has 5 aromatic carbocycles. The SMILES string of the molecule is Cc1cc(-c2ccccc2)c2ccc3c(-c4ccccc4)cc(C)nc3c2n1.[Cl-].[Ir+3].[c-]1ccccc1-c1ccccn1.[c-]1ccccc1-c1ccccn1. The standard InChI is InChI=1S/C26H20N2.2C11H8N.ClH.Ir/c1-17-15-23(19-9-5-3-6-10-19)21-13-14-22-24(20-11-7-4-8-12-20)16-18(2)28-26(22)25(21)27-17;2*1-2-6-10(7-3-1)11-8-4-5-9-12-11;;/h3-16H,1-2H3;2*1-6,8-9H;1H;/q;2*-1;;+3/p-1. The third-order valence-corrected chi connectivity index (χ3v) is 8.48. The third kappa shape index (κ3) is 9.57. The molecule has 0 radical (unpaired) electrons. The van der Waals surface area contributed by atoms with E-state index in [9.17, 15) is 0 Å². The zero-order valence-corrected chi connectivity index (χ0v) is 33.0. The van der Waals surface area contributed by atoms with Gasteiger partial charge in [0, 0.05) is 34.6 Å². The summed E-state index contributed by atoms with van der Waals surface area (Å²) in [6.07, 6.45) is 3.58. The van der Waals surface area contributed by atoms with Crippen molar-refractivity contribution in [2.45, 2.75) is 13.8 Å². The summed E-state index contributed by atoms with van der Waals surface area (Å²) in [7, 11) is 0. The molecular weight excluding hydrogens is 860 g/mol. The maximum atomic E-state index is 4.90. The van der Waals surface area contributed by atoms with Crippen molar-refractivity contribution in [2.75, 3.05) is 0 Å². The number of halogens is 1. The predicted octanol–water partition coefficient (Wildman–Crippen LogP) is 8.83. The average molecular weight is 897 g/mol. The van der Waals surface area contributed by atoms with Gasteiger partial charge < -0.3 is 22.4 Å². The minimum absolute atomic E-state index is 0. The van der Waals surface area contributed by atoms with Crippen LogP contribution < -0.4 is 12.4 Å². The summed E-state index contributed by atoms with van der Waals surface area (Å²) in [5.41, 5.74) is 12.8. The average Bonchev–Trinajstić information content (AvgIpc) is 3.23. The first kappa shape index (κ1) is 39.4. The van der Waals surface area contributed by atoms with Crippen molar-refractivity contribution in [1.29, 1.82) is 0 Å². The molecule has 9 aromatic rings. The van der Waals surface area contributed by atoms with Crippen molar-refractivity contribution in [3.63, 3.8) is 0 Å². The zero-order chi connectivity index (χ0) is 35.5. The predicted molar refractivity (Wildman–Crippen MR) is 214 cm³/mol. The van der Waals surface area contributed by atoms with Crippen LogP contribution in [0.2, 0.25) is 0 Å². The summed E-state index contributed by atoms with van der Waals surface area (Å²) in [5.74, 6) is 0. The van der Waals surface area contributed by atoms with Crippen LogP contribution in [0.1, 0.15) is 11.4 Å². The van der Waals surface area contributed by atoms with Crippen LogP contribution in [-0.2, 0) is 20.1 Å². The molecule has 0 atom stereocenters. The largest absolute Gasteiger partial charge is 3.00 e. The Morgan fingerprint density at radius 1 is 0.426 bits per heavy atom. The Labute approximate surface area is 336 Å². The second-order valence-corrected chi connectivity index (χ2v) is 12.2. The summed E-state index contributed by atoms with van der Waals surface area (Å²) in [6.45, 7) is 4.11. The normalized spacial score (nSPS) is 10.1. The van der Waals surface area contributed by atoms with E-state index < -0.39 is 0 Å². The summed E-state index contributed by atoms with van der Waals surface area (Å²) in [5, 5.41) is 2.28. The van der Waals surface area contributed by atoms with Gasteiger partial charge in [-0.15, -0.1) is 71.8 Å². The van der Waals surface area contributed by atoms with Crippen molar-refractivity contribution >= 4 is 21.8 Å². The van der Waals surface area contributed by atoms with Crippen molar-refractivity contribution in [3.05, 3.63) is 206 Å². The van der Waals surface area contributed by atoms with E-state index in [2.05, 4.69) is 109 Å². The smallest absolute Gasteiger partial charge is 1.00 e. The number of nitrogens with zero attached hydrogens (tertiary/aromatic N) is 4. The van der Waals surface area contributed by atoms with Gasteiger partial charge in [-0.2, -0.15) is 0 Å². The number of hydrogen-bond donors (Lipinski definition) is 0. The molecule has 6 heteroatoms. The fourth-order valence-electron chi connectivity index (χ4n) is 6.09. The minimum atomic E-state index is 0. The summed E-state index contributed by atoms with van der Waals surface area (Å²) < 4.78 is 0. The van der Waals surface area contributed by atoms with E-state index in [1.165, 1.54) is 22.3 Å². The first-order valence-electron chi connectivity index (χ1n) is 17.2. The molecule has 0 aliphatic heterocycles. The molecule has 4 nitrogen and oxygen atoms in total. The third-order valence-electron chi connectivity index (χ3n) is 8.48. The van der Waals surface area contributed by atoms with E-state index in [-0.39, 0.29) is 32.5 Å². The van der Waals surface area contributed by atoms with Gasteiger partial charge in [-0.05, 0) is 71.8 Å². The van der Waals surface area contributed by atoms with Gasteiger partial charge >= 0.3 is 20.1 Å². The molecule has 54 heavy (non-hydrogen) atoms. The van der Waals surface area contributed by atoms with Crippen molar-refractivity contribution < 1.29 is 32.5 Å². The van der Waals surface area contributed by atoms with Crippen LogP contribution in [0.4, 0.5) is 0 Å². The Hall–Kier alpha value is -5.84. The Kier molecular flexibility index (Phi) is 14.1. The van der Waals surface area contributed by atoms with Crippen LogP contribution in [0, 0.1) is 26.0 Å². The molecule has 0 spiro atoms. The molecule has 264 valence electrons. The van der Waals surface area contributed by atoms with Gasteiger partial charge in [0.1, 0.15) is 0 Å². The van der Waals surface area contributed by atoms with E-state index in [1.54, 1.807) is 12.4 Å². The van der Waals surface area contributed by atoms with Crippen LogP contribution in [0.15, 0.2) is 182 Å². The van der Waals surface area contributed by atoms with Crippen molar-refractivity contribution in [2.24, 2.45) is 0 Å². The molecule has 0 aliphatic rings. The first-order chi connectivity index (χ1) is 25.6. The molecule has 0 saturated heterocycles. The fourth-order valence-corrected chi connectivity index (χ4v) is 6.09. The minimum Gasteiger partial charge on any atom is -1.00 e. The van der Waals surface area contributed by atoms with E-state index in [1.807, 2.05) is 97.1 Å². The van der Waals surface area contributed by atoms with Crippen molar-refractivity contribution in [1.82, 2.24) is 19.9 Å². The van der Waals surface area contributed by atoms with Gasteiger partial charge in [-0.3, -0.25) is 9.97 Å². The molecule has 0 amide bonds. The number of aromatic nitrogens is 4. The molecular formula is C48H36ClIrN4. The van der Waals surface area contributed by atoms with Crippen molar-refractivity contribution in [3.8, 4) is 44.8 Å². The quantitative estimate of drug-likeness (QED) is 0.131. The van der Waals surface area contributed by atoms with Crippen LogP contribution in [0.3, 0.4) is 0 Å². The topological polar surface area (TPSA) is 51.6 Å². The van der Waals surface area contributed by atoms with Gasteiger partial charge in [0.2, 0.25) is 0 Å². The Bertz CT molecular complexity index is 2250. The van der Waals surface area contributed by atoms with Gasteiger partial charge in [0.05, 0.1) is 11.0 Å². The molecule has 0 N–H and O–H groups in total. The Morgan fingerprint density at radius 2 is 0.815 bits per heavy atom. The van der Waals surface area contributed by atoms with E-state index in [0.717, 1.165) is 55.7 Å². The van der Waals surface area contributed by atoms with Gasteiger partial charge in [-0.25, -0.2) is 0 Å². The molecule has 4 aromatic heterocycles. The summed E-state index contributed by atoms with van der Waals surface area (Å²) >= 11 is 0. The zero-order valence-electron chi connectivity index (χ0n) is 29.8. The summed E-state index contributed by atoms with van der Waals surface area (Å²) in [6, 6.07) is 63.3. The first-order valence-corrected chi connectivity index (χ1v) is 17.2. The number of aryl methyl sites for hydroxylation is 2. The number of rotatable bonds is 4. The number of fused-ring (bicyclic) bond motifs is 3. The maximum absolute atomic E-state index is 4.90. The molecule has 0 bridgehead atoms. The number of pyridine rings is 4. The molecule has 0 unspecified atom stereocenters. The van der Waals surface area contributed by atoms with Gasteiger partial charge in [-0.1, -0.05) is 97.1 Å². The molecule has 0 fully saturated rings. The van der Waals surface area contributed by atoms with Crippen LogP contribution in [0.25, 0.3) is 66.6 Å². The summed E-state index contributed by atoms with van der Waals surface area (Å²) in [4.78, 5) is 18.2. The van der Waals surface area contributed by atoms with Crippen LogP contribution >= 0.6 is 0 Å². The molecule has 0 aliphatic carbocycles. The van der Waals surface area contributed by atoms with Crippen LogP contribution in [-0.4, -0.2) is 19.9 Å². The van der Waals surface area contributed by atoms with E-state index in [0.29, 0.717) is 0 Å². The molecule has 0 saturated carbocycles. The fraction of sp³-hybridized carbons (Fsp3) is 0.0417. The van der Waals surface area contributed by atoms with Crippen LogP contribution in [0.5, 0.6) is 0 Å². The van der Waals surface area contributed by atoms with E-state index in [4.69, 9.17) is 9.97 Å². The second-order valence-electron chi connectivity index (χ2n) is 12.2. The molecule has 9 rings (SSSR count). The Morgan fingerprint density at radius 3 is 1.17 bits per heavy atom. The maximum Gasteiger partial charge on any atom is 3.00 e. The van der Waals surface area contributed by atoms with Gasteiger partial charge in [0.25, 0.3) is 0 Å². The van der Waals surface area contributed by atoms with E-state index >= 15 is 0 Å². The molecule has 4 heterocycles.